The maximum atomic E-state index is 14.2. The third kappa shape index (κ3) is 3.12. The highest BCUT2D eigenvalue weighted by Crippen LogP contribution is 2.36. The van der Waals surface area contributed by atoms with Crippen LogP contribution in [-0.4, -0.2) is 19.6 Å². The van der Waals surface area contributed by atoms with Crippen molar-refractivity contribution in [2.45, 2.75) is 56.2 Å². The average molecular weight is 340 g/mol. The Bertz CT molecular complexity index is 727. The number of benzene rings is 1. The Hall–Kier alpha value is -1.47. The van der Waals surface area contributed by atoms with Crippen molar-refractivity contribution < 1.29 is 17.6 Å². The van der Waals surface area contributed by atoms with E-state index in [4.69, 9.17) is 5.73 Å². The predicted octanol–water partition coefficient (Wildman–Crippen LogP) is 2.16. The molecule has 1 fully saturated rings. The van der Waals surface area contributed by atoms with Crippen molar-refractivity contribution in [3.63, 3.8) is 0 Å². The van der Waals surface area contributed by atoms with Gasteiger partial charge in [-0.15, -0.1) is 0 Å². The van der Waals surface area contributed by atoms with Crippen LogP contribution in [0.15, 0.2) is 12.1 Å². The summed E-state index contributed by atoms with van der Waals surface area (Å²) in [5, 5.41) is -0.400. The summed E-state index contributed by atoms with van der Waals surface area (Å²) >= 11 is 0. The van der Waals surface area contributed by atoms with Gasteiger partial charge in [0, 0.05) is 11.1 Å². The number of fused-ring (bicyclic) bond motifs is 1. The number of carbonyl (C=O) groups is 1. The summed E-state index contributed by atoms with van der Waals surface area (Å²) in [6.07, 6.45) is 5.08. The van der Waals surface area contributed by atoms with E-state index in [9.17, 15) is 17.6 Å². The third-order valence-corrected chi connectivity index (χ3v) is 6.86. The van der Waals surface area contributed by atoms with Crippen LogP contribution in [0.5, 0.6) is 0 Å². The minimum atomic E-state index is -3.49. The molecule has 2 aliphatic carbocycles. The van der Waals surface area contributed by atoms with Crippen LogP contribution < -0.4 is 10.5 Å². The molecule has 126 valence electrons. The minimum absolute atomic E-state index is 0.278. The van der Waals surface area contributed by atoms with Gasteiger partial charge in [-0.1, -0.05) is 19.3 Å². The summed E-state index contributed by atoms with van der Waals surface area (Å²) in [4.78, 5) is 11.5. The van der Waals surface area contributed by atoms with Gasteiger partial charge >= 0.3 is 0 Å². The first-order valence-electron chi connectivity index (χ1n) is 8.02. The molecule has 3 N–H and O–H groups in total. The second kappa shape index (κ2) is 6.20. The van der Waals surface area contributed by atoms with Gasteiger partial charge in [-0.05, 0) is 43.4 Å². The van der Waals surface area contributed by atoms with E-state index in [0.29, 0.717) is 31.2 Å². The molecule has 0 aromatic heterocycles. The van der Waals surface area contributed by atoms with Gasteiger partial charge in [0.05, 0.1) is 11.3 Å². The first-order chi connectivity index (χ1) is 10.9. The largest absolute Gasteiger partial charge is 0.366 e. The molecule has 0 radical (unpaired) electrons. The molecule has 0 saturated heterocycles. The Morgan fingerprint density at radius 2 is 1.87 bits per heavy atom. The second-order valence-corrected chi connectivity index (χ2v) is 8.36. The van der Waals surface area contributed by atoms with Crippen LogP contribution in [-0.2, 0) is 16.4 Å². The maximum absolute atomic E-state index is 14.2. The zero-order chi connectivity index (χ0) is 16.6. The topological polar surface area (TPSA) is 89.3 Å². The van der Waals surface area contributed by atoms with Gasteiger partial charge < -0.3 is 5.73 Å². The Morgan fingerprint density at radius 3 is 2.52 bits per heavy atom. The summed E-state index contributed by atoms with van der Waals surface area (Å²) < 4.78 is 42.0. The fourth-order valence-electron chi connectivity index (χ4n) is 3.73. The van der Waals surface area contributed by atoms with E-state index in [-0.39, 0.29) is 11.1 Å². The first-order valence-corrected chi connectivity index (χ1v) is 9.57. The van der Waals surface area contributed by atoms with Crippen molar-refractivity contribution in [1.82, 2.24) is 4.72 Å². The Balaban J connectivity index is 1.88. The minimum Gasteiger partial charge on any atom is -0.366 e. The molecule has 1 atom stereocenters. The number of amides is 1. The Kier molecular flexibility index (Phi) is 4.42. The second-order valence-electron chi connectivity index (χ2n) is 6.37. The predicted molar refractivity (Wildman–Crippen MR) is 84.9 cm³/mol. The molecular formula is C16H21FN2O3S. The summed E-state index contributed by atoms with van der Waals surface area (Å²) in [5.41, 5.74) is 6.42. The van der Waals surface area contributed by atoms with Gasteiger partial charge in [0.25, 0.3) is 0 Å². The van der Waals surface area contributed by atoms with Crippen molar-refractivity contribution in [2.24, 2.45) is 5.73 Å². The molecule has 5 nitrogen and oxygen atoms in total. The lowest BCUT2D eigenvalue weighted by molar-refractivity contribution is 0.0999. The number of nitrogens with two attached hydrogens (primary N) is 1. The highest BCUT2D eigenvalue weighted by molar-refractivity contribution is 7.90. The van der Waals surface area contributed by atoms with Gasteiger partial charge in [-0.25, -0.2) is 17.5 Å². The smallest absolute Gasteiger partial charge is 0.248 e. The molecule has 0 heterocycles. The lowest BCUT2D eigenvalue weighted by Gasteiger charge is -2.24. The summed E-state index contributed by atoms with van der Waals surface area (Å²) in [5.74, 6) is -1.10. The number of hydrogen-bond acceptors (Lipinski definition) is 3. The van der Waals surface area contributed by atoms with Crippen LogP contribution in [0.25, 0.3) is 0 Å². The number of rotatable bonds is 4. The monoisotopic (exact) mass is 340 g/mol. The van der Waals surface area contributed by atoms with Crippen molar-refractivity contribution in [3.8, 4) is 0 Å². The molecule has 2 aliphatic rings. The van der Waals surface area contributed by atoms with Gasteiger partial charge in [-0.2, -0.15) is 0 Å². The molecule has 0 aliphatic heterocycles. The van der Waals surface area contributed by atoms with Crippen molar-refractivity contribution in [1.29, 1.82) is 0 Å². The van der Waals surface area contributed by atoms with E-state index in [1.54, 1.807) is 0 Å². The summed E-state index contributed by atoms with van der Waals surface area (Å²) in [6, 6.07) is 1.94. The molecule has 1 aromatic rings. The zero-order valence-electron chi connectivity index (χ0n) is 12.8. The highest BCUT2D eigenvalue weighted by atomic mass is 32.2. The van der Waals surface area contributed by atoms with Crippen LogP contribution in [0.4, 0.5) is 4.39 Å². The number of primary amides is 1. The maximum Gasteiger partial charge on any atom is 0.248 e. The lowest BCUT2D eigenvalue weighted by Crippen LogP contribution is -2.37. The Morgan fingerprint density at radius 1 is 1.17 bits per heavy atom. The third-order valence-electron chi connectivity index (χ3n) is 4.90. The molecule has 1 amide bonds. The normalized spacial score (nSPS) is 22.0. The molecule has 1 unspecified atom stereocenters. The van der Waals surface area contributed by atoms with Crippen molar-refractivity contribution in [2.75, 3.05) is 0 Å². The molecular weight excluding hydrogens is 319 g/mol. The SMILES string of the molecule is NC(=O)c1ccc(F)c2c1CCC2NS(=O)(=O)C1CCCCC1. The van der Waals surface area contributed by atoms with Crippen molar-refractivity contribution >= 4 is 15.9 Å². The first kappa shape index (κ1) is 16.4. The van der Waals surface area contributed by atoms with E-state index in [1.807, 2.05) is 0 Å². The quantitative estimate of drug-likeness (QED) is 0.880. The number of halogens is 1. The molecule has 1 aromatic carbocycles. The molecule has 3 rings (SSSR count). The van der Waals surface area contributed by atoms with Gasteiger partial charge in [0.15, 0.2) is 0 Å². The highest BCUT2D eigenvalue weighted by Gasteiger charge is 2.35. The standard InChI is InChI=1S/C16H21FN2O3S/c17-13-8-6-12(16(18)20)11-7-9-14(15(11)13)19-23(21,22)10-4-2-1-3-5-10/h6,8,10,14,19H,1-5,7,9H2,(H2,18,20). The number of nitrogens with one attached hydrogen (secondary N) is 1. The van der Waals surface area contributed by atoms with E-state index in [0.717, 1.165) is 19.3 Å². The van der Waals surface area contributed by atoms with E-state index >= 15 is 0 Å². The molecule has 1 saturated carbocycles. The molecule has 0 spiro atoms. The summed E-state index contributed by atoms with van der Waals surface area (Å²) in [6.45, 7) is 0. The number of hydrogen-bond donors (Lipinski definition) is 2. The van der Waals surface area contributed by atoms with Crippen molar-refractivity contribution in [3.05, 3.63) is 34.6 Å². The number of sulfonamides is 1. The van der Waals surface area contributed by atoms with Crippen LogP contribution in [0.1, 0.15) is 66.1 Å². The van der Waals surface area contributed by atoms with E-state index < -0.39 is 33.0 Å². The van der Waals surface area contributed by atoms with Crippen LogP contribution in [0.3, 0.4) is 0 Å². The van der Waals surface area contributed by atoms with Crippen LogP contribution in [0, 0.1) is 5.82 Å². The van der Waals surface area contributed by atoms with Gasteiger partial charge in [0.1, 0.15) is 5.82 Å². The number of carbonyl (C=O) groups excluding carboxylic acids is 1. The van der Waals surface area contributed by atoms with Crippen LogP contribution in [0.2, 0.25) is 0 Å². The molecule has 23 heavy (non-hydrogen) atoms. The van der Waals surface area contributed by atoms with Crippen LogP contribution >= 0.6 is 0 Å². The average Bonchev–Trinajstić information content (AvgIpc) is 2.92. The Labute approximate surface area is 135 Å². The van der Waals surface area contributed by atoms with Gasteiger partial charge in [-0.3, -0.25) is 4.79 Å². The lowest BCUT2D eigenvalue weighted by atomic mass is 10.0. The van der Waals surface area contributed by atoms with E-state index in [2.05, 4.69) is 4.72 Å². The zero-order valence-corrected chi connectivity index (χ0v) is 13.7. The fraction of sp³-hybridized carbons (Fsp3) is 0.562. The van der Waals surface area contributed by atoms with Gasteiger partial charge in [0.2, 0.25) is 15.9 Å². The fourth-order valence-corrected chi connectivity index (χ4v) is 5.51. The van der Waals surface area contributed by atoms with E-state index in [1.165, 1.54) is 12.1 Å². The molecule has 7 heteroatoms. The summed E-state index contributed by atoms with van der Waals surface area (Å²) in [7, 11) is -3.49. The molecule has 0 bridgehead atoms.